The van der Waals surface area contributed by atoms with Crippen molar-refractivity contribution in [3.63, 3.8) is 0 Å². The first kappa shape index (κ1) is 14.3. The molecule has 2 N–H and O–H groups in total. The van der Waals surface area contributed by atoms with E-state index in [1.54, 1.807) is 6.07 Å². The standard InChI is InChI=1S/C17H26N4O/c1-19-6-4-14(5-7-19)20-9-12-8-13(11-20)16-3-2-15(18)17(22)21(16)10-12/h2-3,12-14H,4-11,18H2,1H3/t12-,13+/m0/s1. The van der Waals surface area contributed by atoms with Crippen molar-refractivity contribution in [3.8, 4) is 0 Å². The van der Waals surface area contributed by atoms with E-state index in [1.807, 2.05) is 4.57 Å². The number of nitrogens with zero attached hydrogens (tertiary/aromatic N) is 3. The zero-order valence-electron chi connectivity index (χ0n) is 13.4. The Morgan fingerprint density at radius 3 is 2.68 bits per heavy atom. The van der Waals surface area contributed by atoms with Crippen LogP contribution in [0.2, 0.25) is 0 Å². The molecule has 4 rings (SSSR count). The number of nitrogens with two attached hydrogens (primary N) is 1. The highest BCUT2D eigenvalue weighted by atomic mass is 16.1. The third-order valence-corrected chi connectivity index (χ3v) is 5.87. The van der Waals surface area contributed by atoms with E-state index >= 15 is 0 Å². The maximum atomic E-state index is 12.3. The fraction of sp³-hybridized carbons (Fsp3) is 0.706. The molecular weight excluding hydrogens is 276 g/mol. The van der Waals surface area contributed by atoms with Gasteiger partial charge in [0.15, 0.2) is 0 Å². The number of anilines is 1. The number of likely N-dealkylation sites (tertiary alicyclic amines) is 2. The van der Waals surface area contributed by atoms with E-state index in [0.29, 0.717) is 17.5 Å². The topological polar surface area (TPSA) is 54.5 Å². The number of piperidine rings is 2. The van der Waals surface area contributed by atoms with Crippen LogP contribution in [0, 0.1) is 5.92 Å². The molecule has 0 amide bonds. The van der Waals surface area contributed by atoms with Crippen LogP contribution in [0.15, 0.2) is 16.9 Å². The minimum atomic E-state index is 0.0138. The van der Waals surface area contributed by atoms with Gasteiger partial charge in [-0.2, -0.15) is 0 Å². The second kappa shape index (κ2) is 5.39. The van der Waals surface area contributed by atoms with E-state index in [9.17, 15) is 4.79 Å². The van der Waals surface area contributed by atoms with E-state index < -0.39 is 0 Å². The van der Waals surface area contributed by atoms with Crippen molar-refractivity contribution in [3.05, 3.63) is 28.2 Å². The Labute approximate surface area is 131 Å². The van der Waals surface area contributed by atoms with Gasteiger partial charge in [-0.15, -0.1) is 0 Å². The van der Waals surface area contributed by atoms with Crippen LogP contribution < -0.4 is 11.3 Å². The Morgan fingerprint density at radius 1 is 1.14 bits per heavy atom. The lowest BCUT2D eigenvalue weighted by Gasteiger charge is -2.47. The number of pyridine rings is 1. The van der Waals surface area contributed by atoms with E-state index in [2.05, 4.69) is 22.9 Å². The molecule has 2 bridgehead atoms. The summed E-state index contributed by atoms with van der Waals surface area (Å²) in [4.78, 5) is 17.4. The summed E-state index contributed by atoms with van der Waals surface area (Å²) < 4.78 is 1.94. The Hall–Kier alpha value is -1.33. The smallest absolute Gasteiger partial charge is 0.273 e. The Kier molecular flexibility index (Phi) is 3.50. The summed E-state index contributed by atoms with van der Waals surface area (Å²) in [6, 6.07) is 4.60. The van der Waals surface area contributed by atoms with Crippen molar-refractivity contribution in [1.82, 2.24) is 14.4 Å². The third-order valence-electron chi connectivity index (χ3n) is 5.87. The summed E-state index contributed by atoms with van der Waals surface area (Å²) >= 11 is 0. The summed E-state index contributed by atoms with van der Waals surface area (Å²) in [7, 11) is 2.22. The number of fused-ring (bicyclic) bond motifs is 4. The van der Waals surface area contributed by atoms with Crippen LogP contribution in [0.25, 0.3) is 0 Å². The molecule has 0 aliphatic carbocycles. The molecule has 22 heavy (non-hydrogen) atoms. The zero-order valence-corrected chi connectivity index (χ0v) is 13.4. The van der Waals surface area contributed by atoms with Gasteiger partial charge in [0.05, 0.1) is 5.69 Å². The third kappa shape index (κ3) is 2.36. The molecular formula is C17H26N4O. The summed E-state index contributed by atoms with van der Waals surface area (Å²) in [6.07, 6.45) is 3.79. The van der Waals surface area contributed by atoms with E-state index in [-0.39, 0.29) is 5.56 Å². The van der Waals surface area contributed by atoms with Gasteiger partial charge in [0.2, 0.25) is 0 Å². The van der Waals surface area contributed by atoms with Crippen molar-refractivity contribution in [2.24, 2.45) is 5.92 Å². The summed E-state index contributed by atoms with van der Waals surface area (Å²) in [5, 5.41) is 0. The number of hydrogen-bond donors (Lipinski definition) is 1. The summed E-state index contributed by atoms with van der Waals surface area (Å²) in [5.41, 5.74) is 7.40. The van der Waals surface area contributed by atoms with Crippen LogP contribution in [0.5, 0.6) is 0 Å². The van der Waals surface area contributed by atoms with Crippen LogP contribution in [0.4, 0.5) is 5.69 Å². The first-order chi connectivity index (χ1) is 10.6. The SMILES string of the molecule is CN1CCC(N2C[C@@H]3C[C@H](C2)c2ccc(N)c(=O)n2C3)CC1. The molecule has 0 aromatic carbocycles. The van der Waals surface area contributed by atoms with Gasteiger partial charge in [0, 0.05) is 37.3 Å². The Morgan fingerprint density at radius 2 is 1.91 bits per heavy atom. The highest BCUT2D eigenvalue weighted by Crippen LogP contribution is 2.37. The molecule has 5 heteroatoms. The van der Waals surface area contributed by atoms with Gasteiger partial charge in [-0.25, -0.2) is 0 Å². The molecule has 3 aliphatic rings. The molecule has 120 valence electrons. The fourth-order valence-electron chi connectivity index (χ4n) is 4.66. The van der Waals surface area contributed by atoms with Crippen LogP contribution in [0.1, 0.15) is 30.9 Å². The summed E-state index contributed by atoms with van der Waals surface area (Å²) in [5.74, 6) is 1.10. The first-order valence-corrected chi connectivity index (χ1v) is 8.53. The highest BCUT2D eigenvalue weighted by Gasteiger charge is 2.37. The van der Waals surface area contributed by atoms with Crippen LogP contribution >= 0.6 is 0 Å². The molecule has 5 nitrogen and oxygen atoms in total. The number of aromatic nitrogens is 1. The molecule has 0 saturated carbocycles. The molecule has 4 heterocycles. The number of nitrogen functional groups attached to an aromatic ring is 1. The largest absolute Gasteiger partial charge is 0.394 e. The molecule has 1 aromatic heterocycles. The summed E-state index contributed by atoms with van der Waals surface area (Å²) in [6.45, 7) is 5.52. The van der Waals surface area contributed by atoms with Gasteiger partial charge in [-0.05, 0) is 57.5 Å². The van der Waals surface area contributed by atoms with Crippen molar-refractivity contribution in [1.29, 1.82) is 0 Å². The number of hydrogen-bond acceptors (Lipinski definition) is 4. The molecule has 0 radical (unpaired) electrons. The van der Waals surface area contributed by atoms with Crippen LogP contribution in [-0.2, 0) is 6.54 Å². The first-order valence-electron chi connectivity index (χ1n) is 8.53. The lowest BCUT2D eigenvalue weighted by molar-refractivity contribution is 0.0517. The van der Waals surface area contributed by atoms with E-state index in [1.165, 1.54) is 38.0 Å². The van der Waals surface area contributed by atoms with Gasteiger partial charge in [-0.1, -0.05) is 0 Å². The lowest BCUT2D eigenvalue weighted by atomic mass is 9.82. The van der Waals surface area contributed by atoms with Gasteiger partial charge >= 0.3 is 0 Å². The second-order valence-corrected chi connectivity index (χ2v) is 7.42. The normalized spacial score (nSPS) is 30.2. The Bertz CT molecular complexity index is 618. The minimum absolute atomic E-state index is 0.0138. The average molecular weight is 302 g/mol. The minimum Gasteiger partial charge on any atom is -0.394 e. The molecule has 0 unspecified atom stereocenters. The Balaban J connectivity index is 1.57. The van der Waals surface area contributed by atoms with Gasteiger partial charge < -0.3 is 15.2 Å². The number of rotatable bonds is 1. The van der Waals surface area contributed by atoms with Crippen molar-refractivity contribution < 1.29 is 0 Å². The second-order valence-electron chi connectivity index (χ2n) is 7.42. The molecule has 2 atom stereocenters. The molecule has 3 aliphatic heterocycles. The van der Waals surface area contributed by atoms with Gasteiger partial charge in [0.1, 0.15) is 0 Å². The van der Waals surface area contributed by atoms with E-state index in [4.69, 9.17) is 5.73 Å². The predicted molar refractivity (Wildman–Crippen MR) is 88.1 cm³/mol. The molecule has 1 aromatic rings. The monoisotopic (exact) mass is 302 g/mol. The van der Waals surface area contributed by atoms with Crippen molar-refractivity contribution in [2.45, 2.75) is 37.8 Å². The molecule has 0 spiro atoms. The van der Waals surface area contributed by atoms with Crippen LogP contribution in [0.3, 0.4) is 0 Å². The van der Waals surface area contributed by atoms with E-state index in [0.717, 1.165) is 25.7 Å². The van der Waals surface area contributed by atoms with Gasteiger partial charge in [-0.3, -0.25) is 9.69 Å². The maximum absolute atomic E-state index is 12.3. The van der Waals surface area contributed by atoms with Crippen molar-refractivity contribution >= 4 is 5.69 Å². The van der Waals surface area contributed by atoms with Gasteiger partial charge in [0.25, 0.3) is 5.56 Å². The maximum Gasteiger partial charge on any atom is 0.273 e. The lowest BCUT2D eigenvalue weighted by Crippen LogP contribution is -2.53. The highest BCUT2D eigenvalue weighted by molar-refractivity contribution is 5.37. The average Bonchev–Trinajstić information content (AvgIpc) is 2.52. The fourth-order valence-corrected chi connectivity index (χ4v) is 4.66. The molecule has 2 saturated heterocycles. The predicted octanol–water partition coefficient (Wildman–Crippen LogP) is 0.944. The zero-order chi connectivity index (χ0) is 15.3. The molecule has 2 fully saturated rings. The van der Waals surface area contributed by atoms with Crippen molar-refractivity contribution in [2.75, 3.05) is 39.0 Å². The quantitative estimate of drug-likeness (QED) is 0.839. The van der Waals surface area contributed by atoms with Crippen LogP contribution in [-0.4, -0.2) is 53.6 Å².